The van der Waals surface area contributed by atoms with Gasteiger partial charge in [0.05, 0.1) is 18.9 Å². The van der Waals surface area contributed by atoms with Crippen LogP contribution in [-0.4, -0.2) is 34.3 Å². The summed E-state index contributed by atoms with van der Waals surface area (Å²) in [5.41, 5.74) is 1.98. The van der Waals surface area contributed by atoms with Gasteiger partial charge in [-0.3, -0.25) is 0 Å². The monoisotopic (exact) mass is 232 g/mol. The Labute approximate surface area is 100 Å². The maximum Gasteiger partial charge on any atom is 0.180 e. The van der Waals surface area contributed by atoms with E-state index in [0.717, 1.165) is 35.7 Å². The predicted molar refractivity (Wildman–Crippen MR) is 65.7 cm³/mol. The van der Waals surface area contributed by atoms with Crippen LogP contribution in [0.4, 0.5) is 5.82 Å². The molecule has 3 heterocycles. The molecule has 0 fully saturated rings. The Kier molecular flexibility index (Phi) is 2.21. The van der Waals surface area contributed by atoms with Crippen LogP contribution in [-0.2, 0) is 0 Å². The van der Waals surface area contributed by atoms with Gasteiger partial charge in [0.1, 0.15) is 6.10 Å². The molecule has 0 bridgehead atoms. The highest BCUT2D eigenvalue weighted by Crippen LogP contribution is 2.31. The smallest absolute Gasteiger partial charge is 0.180 e. The average molecular weight is 232 g/mol. The third-order valence-corrected chi connectivity index (χ3v) is 3.21. The van der Waals surface area contributed by atoms with Gasteiger partial charge in [-0.15, -0.1) is 0 Å². The largest absolute Gasteiger partial charge is 0.483 e. The molecule has 0 amide bonds. The van der Waals surface area contributed by atoms with Gasteiger partial charge in [0.25, 0.3) is 0 Å². The van der Waals surface area contributed by atoms with Gasteiger partial charge in [-0.1, -0.05) is 6.92 Å². The molecule has 0 radical (unpaired) electrons. The molecular weight excluding hydrogens is 216 g/mol. The summed E-state index contributed by atoms with van der Waals surface area (Å²) in [7, 11) is 2.05. The number of likely N-dealkylation sites (N-methyl/N-ethyl adjacent to an activating group) is 1. The first-order valence-corrected chi connectivity index (χ1v) is 5.92. The molecule has 2 aromatic rings. The van der Waals surface area contributed by atoms with E-state index in [4.69, 9.17) is 4.74 Å². The number of aromatic nitrogens is 3. The van der Waals surface area contributed by atoms with E-state index in [1.807, 2.05) is 19.3 Å². The third kappa shape index (κ3) is 1.53. The van der Waals surface area contributed by atoms with Gasteiger partial charge in [0.2, 0.25) is 0 Å². The number of fused-ring (bicyclic) bond motifs is 2. The minimum absolute atomic E-state index is 0.239. The van der Waals surface area contributed by atoms with Crippen molar-refractivity contribution in [1.29, 1.82) is 0 Å². The maximum atomic E-state index is 5.90. The molecule has 0 aliphatic carbocycles. The molecule has 0 unspecified atom stereocenters. The molecule has 5 heteroatoms. The van der Waals surface area contributed by atoms with Crippen molar-refractivity contribution in [3.8, 4) is 5.75 Å². The number of aryl methyl sites for hydroxylation is 1. The highest BCUT2D eigenvalue weighted by Gasteiger charge is 2.24. The SMILES string of the molecule is CC[C@H]1CN(C)c2nc3c(C)cnn3cc2O1. The van der Waals surface area contributed by atoms with Crippen LogP contribution in [0.5, 0.6) is 5.75 Å². The Morgan fingerprint density at radius 2 is 2.35 bits per heavy atom. The molecule has 1 aliphatic heterocycles. The number of ether oxygens (including phenoxy) is 1. The van der Waals surface area contributed by atoms with Gasteiger partial charge in [-0.2, -0.15) is 5.10 Å². The van der Waals surface area contributed by atoms with Crippen molar-refractivity contribution >= 4 is 11.5 Å². The van der Waals surface area contributed by atoms with Crippen LogP contribution < -0.4 is 9.64 Å². The van der Waals surface area contributed by atoms with E-state index in [2.05, 4.69) is 29.0 Å². The molecule has 0 spiro atoms. The fraction of sp³-hybridized carbons (Fsp3) is 0.500. The Hall–Kier alpha value is -1.78. The van der Waals surface area contributed by atoms with Gasteiger partial charge in [-0.25, -0.2) is 9.50 Å². The predicted octanol–water partition coefficient (Wildman–Crippen LogP) is 1.64. The summed E-state index contributed by atoms with van der Waals surface area (Å²) in [6.45, 7) is 5.04. The van der Waals surface area contributed by atoms with E-state index in [-0.39, 0.29) is 6.10 Å². The fourth-order valence-corrected chi connectivity index (χ4v) is 2.18. The van der Waals surface area contributed by atoms with Gasteiger partial charge >= 0.3 is 0 Å². The van der Waals surface area contributed by atoms with Crippen molar-refractivity contribution < 1.29 is 4.74 Å². The zero-order chi connectivity index (χ0) is 12.0. The topological polar surface area (TPSA) is 42.7 Å². The van der Waals surface area contributed by atoms with Crippen LogP contribution in [0.3, 0.4) is 0 Å². The highest BCUT2D eigenvalue weighted by molar-refractivity contribution is 5.60. The zero-order valence-corrected chi connectivity index (χ0v) is 10.3. The summed E-state index contributed by atoms with van der Waals surface area (Å²) >= 11 is 0. The summed E-state index contributed by atoms with van der Waals surface area (Å²) in [4.78, 5) is 6.78. The van der Waals surface area contributed by atoms with Crippen molar-refractivity contribution in [2.45, 2.75) is 26.4 Å². The van der Waals surface area contributed by atoms with Gasteiger partial charge in [0.15, 0.2) is 17.2 Å². The lowest BCUT2D eigenvalue weighted by Gasteiger charge is -2.32. The van der Waals surface area contributed by atoms with Crippen LogP contribution >= 0.6 is 0 Å². The lowest BCUT2D eigenvalue weighted by molar-refractivity contribution is 0.189. The number of anilines is 1. The zero-order valence-electron chi connectivity index (χ0n) is 10.3. The minimum Gasteiger partial charge on any atom is -0.483 e. The first-order chi connectivity index (χ1) is 8.19. The van der Waals surface area contributed by atoms with Crippen LogP contribution in [0.2, 0.25) is 0 Å². The van der Waals surface area contributed by atoms with Crippen LogP contribution in [0.25, 0.3) is 5.65 Å². The molecular formula is C12H16N4O. The van der Waals surface area contributed by atoms with E-state index in [0.29, 0.717) is 0 Å². The van der Waals surface area contributed by atoms with E-state index >= 15 is 0 Å². The lowest BCUT2D eigenvalue weighted by Crippen LogP contribution is -2.38. The molecule has 5 nitrogen and oxygen atoms in total. The normalized spacial score (nSPS) is 19.2. The van der Waals surface area contributed by atoms with Crippen LogP contribution in [0, 0.1) is 6.92 Å². The molecule has 3 rings (SSSR count). The number of nitrogens with zero attached hydrogens (tertiary/aromatic N) is 4. The van der Waals surface area contributed by atoms with E-state index in [9.17, 15) is 0 Å². The second kappa shape index (κ2) is 3.61. The Balaban J connectivity index is 2.15. The van der Waals surface area contributed by atoms with Crippen LogP contribution in [0.15, 0.2) is 12.4 Å². The number of hydrogen-bond acceptors (Lipinski definition) is 4. The first kappa shape index (κ1) is 10.4. The molecule has 1 atom stereocenters. The molecule has 2 aromatic heterocycles. The minimum atomic E-state index is 0.239. The highest BCUT2D eigenvalue weighted by atomic mass is 16.5. The van der Waals surface area contributed by atoms with E-state index in [1.54, 1.807) is 4.52 Å². The van der Waals surface area contributed by atoms with Crippen molar-refractivity contribution in [2.75, 3.05) is 18.5 Å². The van der Waals surface area contributed by atoms with E-state index in [1.165, 1.54) is 0 Å². The second-order valence-corrected chi connectivity index (χ2v) is 4.55. The fourth-order valence-electron chi connectivity index (χ4n) is 2.18. The summed E-state index contributed by atoms with van der Waals surface area (Å²) in [5.74, 6) is 1.73. The average Bonchev–Trinajstić information content (AvgIpc) is 2.68. The quantitative estimate of drug-likeness (QED) is 0.749. The summed E-state index contributed by atoms with van der Waals surface area (Å²) in [6.07, 6.45) is 4.98. The number of hydrogen-bond donors (Lipinski definition) is 0. The Morgan fingerprint density at radius 1 is 1.53 bits per heavy atom. The lowest BCUT2D eigenvalue weighted by atomic mass is 10.2. The molecule has 0 aromatic carbocycles. The van der Waals surface area contributed by atoms with Crippen molar-refractivity contribution in [3.63, 3.8) is 0 Å². The van der Waals surface area contributed by atoms with Gasteiger partial charge in [-0.05, 0) is 13.3 Å². The number of rotatable bonds is 1. The molecule has 0 saturated carbocycles. The molecule has 17 heavy (non-hydrogen) atoms. The third-order valence-electron chi connectivity index (χ3n) is 3.21. The molecule has 1 aliphatic rings. The molecule has 0 N–H and O–H groups in total. The van der Waals surface area contributed by atoms with Crippen molar-refractivity contribution in [2.24, 2.45) is 0 Å². The van der Waals surface area contributed by atoms with E-state index < -0.39 is 0 Å². The first-order valence-electron chi connectivity index (χ1n) is 5.92. The standard InChI is InChI=1S/C12H16N4O/c1-4-9-6-15(3)12-10(17-9)7-16-11(14-12)8(2)5-13-16/h5,7,9H,4,6H2,1-3H3/t9-/m0/s1. The second-order valence-electron chi connectivity index (χ2n) is 4.55. The van der Waals surface area contributed by atoms with Crippen molar-refractivity contribution in [3.05, 3.63) is 18.0 Å². The van der Waals surface area contributed by atoms with Crippen LogP contribution in [0.1, 0.15) is 18.9 Å². The maximum absolute atomic E-state index is 5.90. The molecule has 90 valence electrons. The summed E-state index contributed by atoms with van der Waals surface area (Å²) < 4.78 is 7.68. The van der Waals surface area contributed by atoms with Crippen molar-refractivity contribution in [1.82, 2.24) is 14.6 Å². The van der Waals surface area contributed by atoms with Gasteiger partial charge < -0.3 is 9.64 Å². The van der Waals surface area contributed by atoms with Gasteiger partial charge in [0, 0.05) is 12.6 Å². The summed E-state index contributed by atoms with van der Waals surface area (Å²) in [6, 6.07) is 0. The Morgan fingerprint density at radius 3 is 3.12 bits per heavy atom. The summed E-state index contributed by atoms with van der Waals surface area (Å²) in [5, 5.41) is 4.26. The molecule has 0 saturated heterocycles. The Bertz CT molecular complexity index is 563.